The summed E-state index contributed by atoms with van der Waals surface area (Å²) in [5, 5.41) is 4.93. The Balaban J connectivity index is 1.82. The molecule has 1 saturated carbocycles. The van der Waals surface area contributed by atoms with Crippen LogP contribution in [0.4, 0.5) is 0 Å². The van der Waals surface area contributed by atoms with E-state index in [0.717, 1.165) is 18.4 Å². The predicted molar refractivity (Wildman–Crippen MR) is 76.0 cm³/mol. The third kappa shape index (κ3) is 2.72. The molecule has 0 aliphatic heterocycles. The molecule has 1 aliphatic rings. The molecular formula is C14H12Cl2N2O2. The summed E-state index contributed by atoms with van der Waals surface area (Å²) in [6, 6.07) is 5.21. The van der Waals surface area contributed by atoms with E-state index in [4.69, 9.17) is 27.7 Å². The third-order valence-corrected chi connectivity index (χ3v) is 4.25. The first kappa shape index (κ1) is 13.6. The standard InChI is InChI=1S/C14H12Cl2N2O2/c15-11-6-3-9(7-12(11)16)13-17-14(20-18-13)8-1-4-10(19)5-2-8/h3,6-8H,1-2,4-5H2. The Hall–Kier alpha value is -1.39. The second kappa shape index (κ2) is 5.54. The van der Waals surface area contributed by atoms with E-state index >= 15 is 0 Å². The first-order chi connectivity index (χ1) is 9.63. The van der Waals surface area contributed by atoms with Gasteiger partial charge in [-0.1, -0.05) is 28.4 Å². The van der Waals surface area contributed by atoms with Gasteiger partial charge in [0.05, 0.1) is 10.0 Å². The van der Waals surface area contributed by atoms with Crippen molar-refractivity contribution in [2.24, 2.45) is 0 Å². The van der Waals surface area contributed by atoms with E-state index in [0.29, 0.717) is 40.4 Å². The Labute approximate surface area is 126 Å². The SMILES string of the molecule is O=C1CCC(c2nc(-c3ccc(Cl)c(Cl)c3)no2)CC1. The smallest absolute Gasteiger partial charge is 0.230 e. The Morgan fingerprint density at radius 1 is 1.15 bits per heavy atom. The molecule has 1 aromatic carbocycles. The van der Waals surface area contributed by atoms with Crippen LogP contribution in [0.25, 0.3) is 11.4 Å². The number of carbonyl (C=O) groups excluding carboxylic acids is 1. The first-order valence-corrected chi connectivity index (χ1v) is 7.20. The molecule has 6 heteroatoms. The molecule has 1 aliphatic carbocycles. The number of Topliss-reactive ketones (excluding diaryl/α,β-unsaturated/α-hetero) is 1. The monoisotopic (exact) mass is 310 g/mol. The number of hydrogen-bond donors (Lipinski definition) is 0. The van der Waals surface area contributed by atoms with Crippen molar-refractivity contribution in [3.05, 3.63) is 34.1 Å². The molecule has 0 radical (unpaired) electrons. The first-order valence-electron chi connectivity index (χ1n) is 6.44. The van der Waals surface area contributed by atoms with Crippen LogP contribution in [0.15, 0.2) is 22.7 Å². The minimum absolute atomic E-state index is 0.178. The Kier molecular flexibility index (Phi) is 3.76. The van der Waals surface area contributed by atoms with Gasteiger partial charge in [0.15, 0.2) is 0 Å². The highest BCUT2D eigenvalue weighted by Gasteiger charge is 2.25. The van der Waals surface area contributed by atoms with Crippen molar-refractivity contribution < 1.29 is 9.32 Å². The van der Waals surface area contributed by atoms with Crippen molar-refractivity contribution in [2.75, 3.05) is 0 Å². The summed E-state index contributed by atoms with van der Waals surface area (Å²) in [6.07, 6.45) is 2.74. The molecule has 0 spiro atoms. The van der Waals surface area contributed by atoms with E-state index in [1.807, 2.05) is 0 Å². The summed E-state index contributed by atoms with van der Waals surface area (Å²) < 4.78 is 5.32. The quantitative estimate of drug-likeness (QED) is 0.831. The van der Waals surface area contributed by atoms with Gasteiger partial charge in [-0.3, -0.25) is 4.79 Å². The maximum Gasteiger partial charge on any atom is 0.230 e. The van der Waals surface area contributed by atoms with Gasteiger partial charge < -0.3 is 4.52 Å². The summed E-state index contributed by atoms with van der Waals surface area (Å²) in [4.78, 5) is 15.7. The number of hydrogen-bond acceptors (Lipinski definition) is 4. The number of aromatic nitrogens is 2. The van der Waals surface area contributed by atoms with Crippen LogP contribution in [-0.4, -0.2) is 15.9 Å². The van der Waals surface area contributed by atoms with Gasteiger partial charge in [0.2, 0.25) is 11.7 Å². The normalized spacial score (nSPS) is 16.6. The largest absolute Gasteiger partial charge is 0.339 e. The molecule has 3 rings (SSSR count). The number of carbonyl (C=O) groups is 1. The number of benzene rings is 1. The van der Waals surface area contributed by atoms with Crippen LogP contribution < -0.4 is 0 Å². The van der Waals surface area contributed by atoms with Gasteiger partial charge in [-0.05, 0) is 31.0 Å². The van der Waals surface area contributed by atoms with Crippen molar-refractivity contribution in [1.82, 2.24) is 10.1 Å². The lowest BCUT2D eigenvalue weighted by molar-refractivity contribution is -0.120. The minimum atomic E-state index is 0.178. The predicted octanol–water partition coefficient (Wildman–Crippen LogP) is 4.27. The fourth-order valence-electron chi connectivity index (χ4n) is 2.34. The third-order valence-electron chi connectivity index (χ3n) is 3.51. The number of rotatable bonds is 2. The highest BCUT2D eigenvalue weighted by molar-refractivity contribution is 6.42. The lowest BCUT2D eigenvalue weighted by atomic mass is 9.88. The van der Waals surface area contributed by atoms with E-state index in [2.05, 4.69) is 10.1 Å². The van der Waals surface area contributed by atoms with Gasteiger partial charge in [0.25, 0.3) is 0 Å². The van der Waals surface area contributed by atoms with E-state index in [1.165, 1.54) is 0 Å². The fraction of sp³-hybridized carbons (Fsp3) is 0.357. The highest BCUT2D eigenvalue weighted by atomic mass is 35.5. The molecule has 0 amide bonds. The van der Waals surface area contributed by atoms with E-state index < -0.39 is 0 Å². The fourth-order valence-corrected chi connectivity index (χ4v) is 2.64. The van der Waals surface area contributed by atoms with Gasteiger partial charge in [0.1, 0.15) is 5.78 Å². The zero-order chi connectivity index (χ0) is 14.1. The second-order valence-corrected chi connectivity index (χ2v) is 5.71. The Morgan fingerprint density at radius 3 is 2.60 bits per heavy atom. The topological polar surface area (TPSA) is 56.0 Å². The highest BCUT2D eigenvalue weighted by Crippen LogP contribution is 2.32. The molecule has 20 heavy (non-hydrogen) atoms. The van der Waals surface area contributed by atoms with Crippen LogP contribution in [0, 0.1) is 0 Å². The molecule has 2 aromatic rings. The van der Waals surface area contributed by atoms with Crippen LogP contribution in [-0.2, 0) is 4.79 Å². The second-order valence-electron chi connectivity index (χ2n) is 4.90. The van der Waals surface area contributed by atoms with E-state index in [-0.39, 0.29) is 5.92 Å². The van der Waals surface area contributed by atoms with Crippen molar-refractivity contribution >= 4 is 29.0 Å². The van der Waals surface area contributed by atoms with Crippen LogP contribution in [0.2, 0.25) is 10.0 Å². The summed E-state index contributed by atoms with van der Waals surface area (Å²) in [5.74, 6) is 1.58. The lowest BCUT2D eigenvalue weighted by Gasteiger charge is -2.16. The van der Waals surface area contributed by atoms with Gasteiger partial charge >= 0.3 is 0 Å². The van der Waals surface area contributed by atoms with Crippen LogP contribution in [0.3, 0.4) is 0 Å². The number of halogens is 2. The molecular weight excluding hydrogens is 299 g/mol. The zero-order valence-electron chi connectivity index (χ0n) is 10.6. The molecule has 0 bridgehead atoms. The van der Waals surface area contributed by atoms with Gasteiger partial charge in [-0.2, -0.15) is 4.98 Å². The average Bonchev–Trinajstić information content (AvgIpc) is 2.92. The van der Waals surface area contributed by atoms with Gasteiger partial charge in [0, 0.05) is 24.3 Å². The molecule has 4 nitrogen and oxygen atoms in total. The van der Waals surface area contributed by atoms with Crippen LogP contribution >= 0.6 is 23.2 Å². The summed E-state index contributed by atoms with van der Waals surface area (Å²) in [6.45, 7) is 0. The molecule has 0 atom stereocenters. The number of nitrogens with zero attached hydrogens (tertiary/aromatic N) is 2. The Morgan fingerprint density at radius 2 is 1.90 bits per heavy atom. The molecule has 104 valence electrons. The lowest BCUT2D eigenvalue weighted by Crippen LogP contribution is -2.12. The maximum atomic E-state index is 11.2. The molecule has 1 aromatic heterocycles. The summed E-state index contributed by atoms with van der Waals surface area (Å²) in [7, 11) is 0. The van der Waals surface area contributed by atoms with Crippen LogP contribution in [0.1, 0.15) is 37.5 Å². The van der Waals surface area contributed by atoms with Crippen molar-refractivity contribution in [3.63, 3.8) is 0 Å². The van der Waals surface area contributed by atoms with Gasteiger partial charge in [-0.25, -0.2) is 0 Å². The Bertz CT molecular complexity index is 644. The maximum absolute atomic E-state index is 11.2. The minimum Gasteiger partial charge on any atom is -0.339 e. The van der Waals surface area contributed by atoms with E-state index in [9.17, 15) is 4.79 Å². The summed E-state index contributed by atoms with van der Waals surface area (Å²) in [5.41, 5.74) is 0.765. The molecule has 0 unspecified atom stereocenters. The molecule has 1 heterocycles. The number of ketones is 1. The van der Waals surface area contributed by atoms with Crippen molar-refractivity contribution in [3.8, 4) is 11.4 Å². The van der Waals surface area contributed by atoms with Crippen LogP contribution in [0.5, 0.6) is 0 Å². The molecule has 1 fully saturated rings. The van der Waals surface area contributed by atoms with Crippen molar-refractivity contribution in [1.29, 1.82) is 0 Å². The zero-order valence-corrected chi connectivity index (χ0v) is 12.1. The summed E-state index contributed by atoms with van der Waals surface area (Å²) >= 11 is 11.9. The molecule has 0 N–H and O–H groups in total. The molecule has 0 saturated heterocycles. The van der Waals surface area contributed by atoms with Gasteiger partial charge in [-0.15, -0.1) is 0 Å². The van der Waals surface area contributed by atoms with E-state index in [1.54, 1.807) is 18.2 Å². The average molecular weight is 311 g/mol. The van der Waals surface area contributed by atoms with Crippen molar-refractivity contribution in [2.45, 2.75) is 31.6 Å².